The maximum absolute atomic E-state index is 13.6. The summed E-state index contributed by atoms with van der Waals surface area (Å²) in [5, 5.41) is 6.63. The molecule has 5 rings (SSSR count). The monoisotopic (exact) mass is 415 g/mol. The number of hydrogen-bond acceptors (Lipinski definition) is 4. The summed E-state index contributed by atoms with van der Waals surface area (Å²) in [5.74, 6) is 1.06. The van der Waals surface area contributed by atoms with Gasteiger partial charge in [0.1, 0.15) is 11.6 Å². The number of nitrogens with one attached hydrogen (secondary N) is 2. The predicted molar refractivity (Wildman–Crippen MR) is 120 cm³/mol. The second kappa shape index (κ2) is 7.01. The molecule has 0 spiro atoms. The van der Waals surface area contributed by atoms with Crippen LogP contribution in [-0.2, 0) is 4.79 Å². The van der Waals surface area contributed by atoms with Gasteiger partial charge in [0, 0.05) is 23.6 Å². The Bertz CT molecular complexity index is 1250. The highest BCUT2D eigenvalue weighted by Gasteiger charge is 2.42. The van der Waals surface area contributed by atoms with Crippen LogP contribution >= 0.6 is 0 Å². The van der Waals surface area contributed by atoms with Crippen LogP contribution in [0.25, 0.3) is 5.69 Å². The molecule has 0 fully saturated rings. The molecule has 0 saturated carbocycles. The molecule has 6 heteroatoms. The highest BCUT2D eigenvalue weighted by Crippen LogP contribution is 2.47. The van der Waals surface area contributed by atoms with Gasteiger partial charge in [0.25, 0.3) is 5.56 Å². The van der Waals surface area contributed by atoms with Crippen molar-refractivity contribution in [2.45, 2.75) is 32.6 Å². The third kappa shape index (κ3) is 3.19. The minimum absolute atomic E-state index is 0.0945. The van der Waals surface area contributed by atoms with E-state index in [0.717, 1.165) is 29.1 Å². The first-order valence-corrected chi connectivity index (χ1v) is 10.5. The third-order valence-electron chi connectivity index (χ3n) is 6.16. The first kappa shape index (κ1) is 19.4. The quantitative estimate of drug-likeness (QED) is 0.666. The fraction of sp³-hybridized carbons (Fsp3) is 0.280. The number of nitrogens with zero attached hydrogens (tertiary/aromatic N) is 1. The van der Waals surface area contributed by atoms with Crippen LogP contribution in [0.15, 0.2) is 70.7 Å². The number of aromatic amines is 1. The van der Waals surface area contributed by atoms with Gasteiger partial charge >= 0.3 is 0 Å². The average molecular weight is 415 g/mol. The lowest BCUT2D eigenvalue weighted by molar-refractivity contribution is -0.118. The molecule has 0 bridgehead atoms. The van der Waals surface area contributed by atoms with Crippen molar-refractivity contribution in [1.29, 1.82) is 0 Å². The SMILES string of the molecule is COc1ccc(C2C3=C(CC(C)(C)CC3=O)Nc3[nH]n(-c4ccccc4)c(=O)c32)cc1. The topological polar surface area (TPSA) is 76.1 Å². The Morgan fingerprint density at radius 1 is 1.00 bits per heavy atom. The minimum Gasteiger partial charge on any atom is -0.497 e. The number of fused-ring (bicyclic) bond motifs is 1. The first-order chi connectivity index (χ1) is 14.9. The molecule has 2 aromatic carbocycles. The number of carbonyl (C=O) groups excluding carboxylic acids is 1. The van der Waals surface area contributed by atoms with Gasteiger partial charge in [-0.3, -0.25) is 14.7 Å². The fourth-order valence-corrected chi connectivity index (χ4v) is 4.78. The predicted octanol–water partition coefficient (Wildman–Crippen LogP) is 4.37. The Morgan fingerprint density at radius 3 is 2.39 bits per heavy atom. The summed E-state index contributed by atoms with van der Waals surface area (Å²) in [7, 11) is 1.62. The van der Waals surface area contributed by atoms with E-state index in [1.807, 2.05) is 54.6 Å². The molecule has 6 nitrogen and oxygen atoms in total. The molecule has 3 aromatic rings. The van der Waals surface area contributed by atoms with Crippen molar-refractivity contribution in [2.75, 3.05) is 12.4 Å². The Kier molecular flexibility index (Phi) is 4.39. The molecule has 2 aliphatic rings. The zero-order valence-electron chi connectivity index (χ0n) is 17.9. The summed E-state index contributed by atoms with van der Waals surface area (Å²) in [4.78, 5) is 26.9. The van der Waals surface area contributed by atoms with Crippen LogP contribution < -0.4 is 15.6 Å². The molecule has 2 heterocycles. The summed E-state index contributed by atoms with van der Waals surface area (Å²) < 4.78 is 6.85. The van der Waals surface area contributed by atoms with Gasteiger partial charge in [0.05, 0.1) is 18.4 Å². The van der Waals surface area contributed by atoms with Gasteiger partial charge in [-0.05, 0) is 41.7 Å². The van der Waals surface area contributed by atoms with Gasteiger partial charge < -0.3 is 10.1 Å². The summed E-state index contributed by atoms with van der Waals surface area (Å²) in [5.41, 5.74) is 3.54. The molecule has 0 saturated heterocycles. The van der Waals surface area contributed by atoms with Crippen molar-refractivity contribution in [3.63, 3.8) is 0 Å². The number of carbonyl (C=O) groups is 1. The van der Waals surface area contributed by atoms with Crippen molar-refractivity contribution in [1.82, 2.24) is 9.78 Å². The summed E-state index contributed by atoms with van der Waals surface area (Å²) in [6.45, 7) is 4.21. The lowest BCUT2D eigenvalue weighted by Crippen LogP contribution is -2.35. The van der Waals surface area contributed by atoms with E-state index in [4.69, 9.17) is 4.74 Å². The van der Waals surface area contributed by atoms with E-state index >= 15 is 0 Å². The first-order valence-electron chi connectivity index (χ1n) is 10.5. The van der Waals surface area contributed by atoms with Gasteiger partial charge in [-0.2, -0.15) is 0 Å². The summed E-state index contributed by atoms with van der Waals surface area (Å²) >= 11 is 0. The normalized spacial score (nSPS) is 19.5. The smallest absolute Gasteiger partial charge is 0.277 e. The fourth-order valence-electron chi connectivity index (χ4n) is 4.78. The molecule has 158 valence electrons. The van der Waals surface area contributed by atoms with Gasteiger partial charge in [0.15, 0.2) is 5.78 Å². The largest absolute Gasteiger partial charge is 0.497 e. The number of anilines is 1. The number of rotatable bonds is 3. The Balaban J connectivity index is 1.73. The van der Waals surface area contributed by atoms with Gasteiger partial charge in [-0.25, -0.2) is 4.68 Å². The number of methoxy groups -OCH3 is 1. The third-order valence-corrected chi connectivity index (χ3v) is 6.16. The van der Waals surface area contributed by atoms with E-state index in [9.17, 15) is 9.59 Å². The number of aromatic nitrogens is 2. The van der Waals surface area contributed by atoms with Gasteiger partial charge in [0.2, 0.25) is 0 Å². The number of Topliss-reactive ketones (excluding diaryl/α,β-unsaturated/α-hetero) is 1. The van der Waals surface area contributed by atoms with Crippen LogP contribution in [0, 0.1) is 5.41 Å². The number of ether oxygens (including phenoxy) is 1. The lowest BCUT2D eigenvalue weighted by Gasteiger charge is -2.37. The van der Waals surface area contributed by atoms with E-state index in [-0.39, 0.29) is 16.8 Å². The van der Waals surface area contributed by atoms with Gasteiger partial charge in [-0.15, -0.1) is 0 Å². The highest BCUT2D eigenvalue weighted by molar-refractivity contribution is 6.01. The number of hydrogen-bond donors (Lipinski definition) is 2. The number of benzene rings is 2. The molecule has 1 aliphatic heterocycles. The molecule has 1 aromatic heterocycles. The molecule has 1 unspecified atom stereocenters. The van der Waals surface area contributed by atoms with Crippen LogP contribution in [0.2, 0.25) is 0 Å². The number of para-hydroxylation sites is 1. The molecule has 1 aliphatic carbocycles. The molecular formula is C25H25N3O3. The van der Waals surface area contributed by atoms with Crippen LogP contribution in [0.5, 0.6) is 5.75 Å². The maximum Gasteiger partial charge on any atom is 0.277 e. The van der Waals surface area contributed by atoms with Crippen molar-refractivity contribution in [3.05, 3.63) is 87.3 Å². The van der Waals surface area contributed by atoms with Crippen LogP contribution in [0.1, 0.15) is 43.7 Å². The van der Waals surface area contributed by atoms with Crippen molar-refractivity contribution in [2.24, 2.45) is 5.41 Å². The second-order valence-corrected chi connectivity index (χ2v) is 9.04. The molecule has 31 heavy (non-hydrogen) atoms. The van der Waals surface area contributed by atoms with Crippen molar-refractivity contribution < 1.29 is 9.53 Å². The molecule has 0 amide bonds. The summed E-state index contributed by atoms with van der Waals surface area (Å²) in [6.07, 6.45) is 1.21. The standard InChI is InChI=1S/C25H25N3O3/c1-25(2)13-18-21(19(29)14-25)20(15-9-11-17(31-3)12-10-15)22-23(26-18)27-28(24(22)30)16-7-5-4-6-8-16/h4-12,20,26-27H,13-14H2,1-3H3. The number of ketones is 1. The zero-order chi connectivity index (χ0) is 21.8. The molecule has 1 atom stereocenters. The average Bonchev–Trinajstić information content (AvgIpc) is 3.08. The maximum atomic E-state index is 13.6. The second-order valence-electron chi connectivity index (χ2n) is 9.04. The Hall–Kier alpha value is -3.54. The van der Waals surface area contributed by atoms with E-state index < -0.39 is 5.92 Å². The van der Waals surface area contributed by atoms with E-state index in [0.29, 0.717) is 23.4 Å². The van der Waals surface area contributed by atoms with Crippen molar-refractivity contribution >= 4 is 11.6 Å². The lowest BCUT2D eigenvalue weighted by atomic mass is 9.69. The van der Waals surface area contributed by atoms with Crippen molar-refractivity contribution in [3.8, 4) is 11.4 Å². The van der Waals surface area contributed by atoms with Crippen LogP contribution in [0.4, 0.5) is 5.82 Å². The Labute approximate surface area is 180 Å². The number of H-pyrrole nitrogens is 1. The molecule has 0 radical (unpaired) electrons. The molecular weight excluding hydrogens is 390 g/mol. The van der Waals surface area contributed by atoms with E-state index in [1.165, 1.54) is 0 Å². The van der Waals surface area contributed by atoms with Gasteiger partial charge in [-0.1, -0.05) is 44.2 Å². The van der Waals surface area contributed by atoms with Crippen LogP contribution in [0.3, 0.4) is 0 Å². The van der Waals surface area contributed by atoms with E-state index in [2.05, 4.69) is 24.3 Å². The summed E-state index contributed by atoms with van der Waals surface area (Å²) in [6, 6.07) is 17.1. The van der Waals surface area contributed by atoms with Crippen LogP contribution in [-0.4, -0.2) is 22.7 Å². The Morgan fingerprint density at radius 2 is 1.71 bits per heavy atom. The highest BCUT2D eigenvalue weighted by atomic mass is 16.5. The van der Waals surface area contributed by atoms with E-state index in [1.54, 1.807) is 11.8 Å². The minimum atomic E-state index is -0.422. The zero-order valence-corrected chi connectivity index (χ0v) is 17.9. The number of allylic oxidation sites excluding steroid dienone is 2. The molecule has 2 N–H and O–H groups in total.